The number of likely N-dealkylation sites (tertiary alicyclic amines) is 1. The standard InChI is InChI=1S/C18H27N3O/c1-15(22)16-7-8-17(19-13-16)20-14-18(9-3-4-10-18)21-11-5-2-6-12-21/h7-8,13H,2-6,9-12,14H2,1H3,(H,19,20). The van der Waals surface area contributed by atoms with Crippen molar-refractivity contribution < 1.29 is 4.79 Å². The van der Waals surface area contributed by atoms with Gasteiger partial charge in [-0.15, -0.1) is 0 Å². The zero-order valence-corrected chi connectivity index (χ0v) is 13.6. The smallest absolute Gasteiger partial charge is 0.161 e. The molecule has 2 fully saturated rings. The highest BCUT2D eigenvalue weighted by Gasteiger charge is 2.39. The number of nitrogens with one attached hydrogen (secondary N) is 1. The second-order valence-electron chi connectivity index (χ2n) is 6.82. The number of rotatable bonds is 5. The molecule has 1 aromatic rings. The lowest BCUT2D eigenvalue weighted by atomic mass is 9.92. The molecule has 0 radical (unpaired) electrons. The maximum absolute atomic E-state index is 11.3. The highest BCUT2D eigenvalue weighted by molar-refractivity contribution is 5.93. The molecule has 2 heterocycles. The Morgan fingerprint density at radius 3 is 2.50 bits per heavy atom. The van der Waals surface area contributed by atoms with Crippen molar-refractivity contribution in [1.82, 2.24) is 9.88 Å². The number of aromatic nitrogens is 1. The number of hydrogen-bond donors (Lipinski definition) is 1. The van der Waals surface area contributed by atoms with Crippen LogP contribution in [0.4, 0.5) is 5.82 Å². The van der Waals surface area contributed by atoms with Crippen molar-refractivity contribution in [3.63, 3.8) is 0 Å². The van der Waals surface area contributed by atoms with E-state index in [1.54, 1.807) is 13.1 Å². The molecule has 4 heteroatoms. The van der Waals surface area contributed by atoms with Gasteiger partial charge in [0.15, 0.2) is 5.78 Å². The van der Waals surface area contributed by atoms with E-state index in [-0.39, 0.29) is 5.78 Å². The third-order valence-corrected chi connectivity index (χ3v) is 5.33. The van der Waals surface area contributed by atoms with Gasteiger partial charge in [-0.1, -0.05) is 19.3 Å². The van der Waals surface area contributed by atoms with Crippen LogP contribution in [-0.2, 0) is 0 Å². The van der Waals surface area contributed by atoms with Crippen LogP contribution in [0.5, 0.6) is 0 Å². The Kier molecular flexibility index (Phi) is 4.77. The number of Topliss-reactive ketones (excluding diaryl/α,β-unsaturated/α-hetero) is 1. The van der Waals surface area contributed by atoms with Crippen molar-refractivity contribution in [3.05, 3.63) is 23.9 Å². The molecule has 1 aliphatic carbocycles. The molecule has 0 aromatic carbocycles. The molecule has 1 saturated carbocycles. The number of pyridine rings is 1. The number of hydrogen-bond acceptors (Lipinski definition) is 4. The average molecular weight is 301 g/mol. The summed E-state index contributed by atoms with van der Waals surface area (Å²) in [6, 6.07) is 3.79. The van der Waals surface area contributed by atoms with Gasteiger partial charge in [0.25, 0.3) is 0 Å². The predicted octanol–water partition coefficient (Wildman–Crippen LogP) is 3.49. The minimum Gasteiger partial charge on any atom is -0.368 e. The average Bonchev–Trinajstić information content (AvgIpc) is 3.04. The summed E-state index contributed by atoms with van der Waals surface area (Å²) < 4.78 is 0. The van der Waals surface area contributed by atoms with Gasteiger partial charge in [0, 0.05) is 23.8 Å². The lowest BCUT2D eigenvalue weighted by Gasteiger charge is -2.43. The van der Waals surface area contributed by atoms with E-state index in [9.17, 15) is 4.79 Å². The minimum atomic E-state index is 0.0691. The zero-order chi connectivity index (χ0) is 15.4. The van der Waals surface area contributed by atoms with Crippen LogP contribution in [-0.4, -0.2) is 40.8 Å². The highest BCUT2D eigenvalue weighted by Crippen LogP contribution is 2.37. The van der Waals surface area contributed by atoms with Crippen molar-refractivity contribution in [2.75, 3.05) is 25.0 Å². The fourth-order valence-corrected chi connectivity index (χ4v) is 3.97. The molecule has 1 aliphatic heterocycles. The Morgan fingerprint density at radius 1 is 1.18 bits per heavy atom. The molecular weight excluding hydrogens is 274 g/mol. The van der Waals surface area contributed by atoms with Gasteiger partial charge < -0.3 is 5.32 Å². The van der Waals surface area contributed by atoms with Crippen LogP contribution in [0.15, 0.2) is 18.3 Å². The maximum atomic E-state index is 11.3. The van der Waals surface area contributed by atoms with Gasteiger partial charge in [0.2, 0.25) is 0 Å². The number of carbonyl (C=O) groups is 1. The van der Waals surface area contributed by atoms with Crippen LogP contribution in [0.2, 0.25) is 0 Å². The van der Waals surface area contributed by atoms with Gasteiger partial charge in [-0.2, -0.15) is 0 Å². The summed E-state index contributed by atoms with van der Waals surface area (Å²) in [5.41, 5.74) is 0.999. The fourth-order valence-electron chi connectivity index (χ4n) is 3.97. The summed E-state index contributed by atoms with van der Waals surface area (Å²) >= 11 is 0. The SMILES string of the molecule is CC(=O)c1ccc(NCC2(N3CCCCC3)CCCC2)nc1. The second-order valence-corrected chi connectivity index (χ2v) is 6.82. The topological polar surface area (TPSA) is 45.2 Å². The Morgan fingerprint density at radius 2 is 1.91 bits per heavy atom. The van der Waals surface area contributed by atoms with Crippen molar-refractivity contribution in [3.8, 4) is 0 Å². The van der Waals surface area contributed by atoms with Crippen molar-refractivity contribution in [2.45, 2.75) is 57.4 Å². The summed E-state index contributed by atoms with van der Waals surface area (Å²) in [4.78, 5) is 18.4. The van der Waals surface area contributed by atoms with E-state index in [1.165, 1.54) is 58.0 Å². The van der Waals surface area contributed by atoms with Crippen molar-refractivity contribution in [2.24, 2.45) is 0 Å². The summed E-state index contributed by atoms with van der Waals surface area (Å²) in [5, 5.41) is 3.53. The molecule has 0 spiro atoms. The molecule has 22 heavy (non-hydrogen) atoms. The van der Waals surface area contributed by atoms with Gasteiger partial charge in [0.1, 0.15) is 5.82 Å². The predicted molar refractivity (Wildman–Crippen MR) is 89.4 cm³/mol. The largest absolute Gasteiger partial charge is 0.368 e. The second kappa shape index (κ2) is 6.78. The third-order valence-electron chi connectivity index (χ3n) is 5.33. The van der Waals surface area contributed by atoms with Gasteiger partial charge >= 0.3 is 0 Å². The molecule has 0 unspecified atom stereocenters. The lowest BCUT2D eigenvalue weighted by molar-refractivity contribution is 0.0807. The van der Waals surface area contributed by atoms with Crippen LogP contribution in [0.25, 0.3) is 0 Å². The first-order valence-electron chi connectivity index (χ1n) is 8.66. The number of ketones is 1. The summed E-state index contributed by atoms with van der Waals surface area (Å²) in [6.45, 7) is 5.05. The lowest BCUT2D eigenvalue weighted by Crippen LogP contribution is -2.53. The number of carbonyl (C=O) groups excluding carboxylic acids is 1. The molecule has 2 aliphatic rings. The quantitative estimate of drug-likeness (QED) is 0.846. The molecule has 3 rings (SSSR count). The Bertz CT molecular complexity index is 500. The van der Waals surface area contributed by atoms with Gasteiger partial charge in [-0.3, -0.25) is 9.69 Å². The zero-order valence-electron chi connectivity index (χ0n) is 13.6. The Labute approximate surface area is 133 Å². The molecule has 0 bridgehead atoms. The molecular formula is C18H27N3O. The monoisotopic (exact) mass is 301 g/mol. The van der Waals surface area contributed by atoms with Crippen LogP contribution in [0, 0.1) is 0 Å². The number of piperidine rings is 1. The summed E-state index contributed by atoms with van der Waals surface area (Å²) in [7, 11) is 0. The highest BCUT2D eigenvalue weighted by atomic mass is 16.1. The Hall–Kier alpha value is -1.42. The molecule has 4 nitrogen and oxygen atoms in total. The van der Waals surface area contributed by atoms with Crippen LogP contribution in [0.1, 0.15) is 62.2 Å². The van der Waals surface area contributed by atoms with Crippen molar-refractivity contribution >= 4 is 11.6 Å². The van der Waals surface area contributed by atoms with E-state index < -0.39 is 0 Å². The van der Waals surface area contributed by atoms with Crippen LogP contribution in [0.3, 0.4) is 0 Å². The summed E-state index contributed by atoms with van der Waals surface area (Å²) in [6.07, 6.45) is 11.0. The number of anilines is 1. The van der Waals surface area contributed by atoms with Crippen LogP contribution >= 0.6 is 0 Å². The Balaban J connectivity index is 1.65. The van der Waals surface area contributed by atoms with Gasteiger partial charge in [-0.25, -0.2) is 4.98 Å². The van der Waals surface area contributed by atoms with Gasteiger partial charge in [0.05, 0.1) is 0 Å². The first-order chi connectivity index (χ1) is 10.7. The molecule has 0 amide bonds. The van der Waals surface area contributed by atoms with E-state index >= 15 is 0 Å². The van der Waals surface area contributed by atoms with Crippen LogP contribution < -0.4 is 5.32 Å². The number of nitrogens with zero attached hydrogens (tertiary/aromatic N) is 2. The van der Waals surface area contributed by atoms with E-state index in [4.69, 9.17) is 0 Å². The van der Waals surface area contributed by atoms with Crippen molar-refractivity contribution in [1.29, 1.82) is 0 Å². The molecule has 1 saturated heterocycles. The minimum absolute atomic E-state index is 0.0691. The first-order valence-corrected chi connectivity index (χ1v) is 8.66. The van der Waals surface area contributed by atoms with E-state index in [0.29, 0.717) is 11.1 Å². The van der Waals surface area contributed by atoms with E-state index in [0.717, 1.165) is 12.4 Å². The molecule has 0 atom stereocenters. The first kappa shape index (κ1) is 15.5. The van der Waals surface area contributed by atoms with E-state index in [2.05, 4.69) is 15.2 Å². The summed E-state index contributed by atoms with van der Waals surface area (Å²) in [5.74, 6) is 0.952. The van der Waals surface area contributed by atoms with Gasteiger partial charge in [-0.05, 0) is 57.8 Å². The maximum Gasteiger partial charge on any atom is 0.161 e. The normalized spacial score (nSPS) is 21.7. The molecule has 120 valence electrons. The third kappa shape index (κ3) is 3.32. The van der Waals surface area contributed by atoms with E-state index in [1.807, 2.05) is 12.1 Å². The molecule has 1 aromatic heterocycles. The molecule has 1 N–H and O–H groups in total. The fraction of sp³-hybridized carbons (Fsp3) is 0.667.